The highest BCUT2D eigenvalue weighted by atomic mass is 19.1. The quantitative estimate of drug-likeness (QED) is 0.944. The summed E-state index contributed by atoms with van der Waals surface area (Å²) in [6, 6.07) is 3.34. The fraction of sp³-hybridized carbons (Fsp3) is 0.400. The average molecular weight is 305 g/mol. The first-order valence-corrected chi connectivity index (χ1v) is 7.28. The Hall–Kier alpha value is -2.31. The van der Waals surface area contributed by atoms with Crippen LogP contribution in [0.5, 0.6) is 0 Å². The molecular weight excluding hydrogens is 288 g/mol. The minimum atomic E-state index is -0.674. The maximum atomic E-state index is 13.7. The van der Waals surface area contributed by atoms with Gasteiger partial charge in [-0.05, 0) is 30.9 Å². The van der Waals surface area contributed by atoms with E-state index in [0.717, 1.165) is 32.0 Å². The van der Waals surface area contributed by atoms with Crippen LogP contribution in [0.15, 0.2) is 24.4 Å². The Morgan fingerprint density at radius 1 is 1.23 bits per heavy atom. The Balaban J connectivity index is 1.76. The maximum absolute atomic E-state index is 13.7. The SMILES string of the molecule is CC1CCN(c2nncc(Nc3ccc(F)cc3F)n2)CC1. The normalized spacial score (nSPS) is 15.9. The summed E-state index contributed by atoms with van der Waals surface area (Å²) in [5.74, 6) is 0.325. The van der Waals surface area contributed by atoms with E-state index >= 15 is 0 Å². The zero-order chi connectivity index (χ0) is 15.5. The molecule has 0 bridgehead atoms. The van der Waals surface area contributed by atoms with Crippen LogP contribution in [0.4, 0.5) is 26.2 Å². The highest BCUT2D eigenvalue weighted by molar-refractivity contribution is 5.56. The standard InChI is InChI=1S/C15H17F2N5/c1-10-4-6-22(7-5-10)15-20-14(9-18-21-15)19-13-3-2-11(16)8-12(13)17/h2-3,8-10H,4-7H2,1H3,(H,19,20,21). The van der Waals surface area contributed by atoms with Gasteiger partial charge in [0.15, 0.2) is 5.82 Å². The van der Waals surface area contributed by atoms with Gasteiger partial charge in [0, 0.05) is 19.2 Å². The van der Waals surface area contributed by atoms with E-state index in [4.69, 9.17) is 0 Å². The van der Waals surface area contributed by atoms with Crippen molar-refractivity contribution < 1.29 is 8.78 Å². The van der Waals surface area contributed by atoms with E-state index in [0.29, 0.717) is 17.7 Å². The second-order valence-corrected chi connectivity index (χ2v) is 5.56. The second-order valence-electron chi connectivity index (χ2n) is 5.56. The summed E-state index contributed by atoms with van der Waals surface area (Å²) in [6.07, 6.45) is 3.60. The first-order valence-electron chi connectivity index (χ1n) is 7.28. The average Bonchev–Trinajstić information content (AvgIpc) is 2.51. The van der Waals surface area contributed by atoms with Crippen LogP contribution in [0, 0.1) is 17.6 Å². The lowest BCUT2D eigenvalue weighted by molar-refractivity contribution is 0.433. The lowest BCUT2D eigenvalue weighted by Gasteiger charge is -2.29. The fourth-order valence-electron chi connectivity index (χ4n) is 2.43. The predicted octanol–water partition coefficient (Wildman–Crippen LogP) is 3.13. The third kappa shape index (κ3) is 3.29. The van der Waals surface area contributed by atoms with Gasteiger partial charge in [-0.3, -0.25) is 0 Å². The second kappa shape index (κ2) is 6.21. The molecule has 7 heteroatoms. The monoisotopic (exact) mass is 305 g/mol. The number of hydrogen-bond acceptors (Lipinski definition) is 5. The fourth-order valence-corrected chi connectivity index (χ4v) is 2.43. The van der Waals surface area contributed by atoms with Crippen LogP contribution in [0.2, 0.25) is 0 Å². The molecule has 2 aromatic rings. The van der Waals surface area contributed by atoms with Crippen molar-refractivity contribution in [3.8, 4) is 0 Å². The van der Waals surface area contributed by atoms with Gasteiger partial charge in [-0.25, -0.2) is 8.78 Å². The summed E-state index contributed by atoms with van der Waals surface area (Å²) in [5, 5.41) is 10.8. The van der Waals surface area contributed by atoms with Crippen LogP contribution in [-0.2, 0) is 0 Å². The molecule has 0 unspecified atom stereocenters. The molecule has 0 aliphatic carbocycles. The molecule has 3 rings (SSSR count). The summed E-state index contributed by atoms with van der Waals surface area (Å²) in [6.45, 7) is 4.00. The zero-order valence-electron chi connectivity index (χ0n) is 12.3. The molecule has 1 aliphatic rings. The van der Waals surface area contributed by atoms with Gasteiger partial charge in [0.1, 0.15) is 11.6 Å². The third-order valence-corrected chi connectivity index (χ3v) is 3.81. The minimum absolute atomic E-state index is 0.153. The Labute approximate surface area is 127 Å². The number of piperidine rings is 1. The topological polar surface area (TPSA) is 53.9 Å². The lowest BCUT2D eigenvalue weighted by atomic mass is 10.00. The van der Waals surface area contributed by atoms with E-state index in [1.807, 2.05) is 0 Å². The van der Waals surface area contributed by atoms with Crippen molar-refractivity contribution in [1.29, 1.82) is 0 Å². The summed E-state index contributed by atoms with van der Waals surface area (Å²) >= 11 is 0. The summed E-state index contributed by atoms with van der Waals surface area (Å²) in [5.41, 5.74) is 0.153. The molecule has 1 aliphatic heterocycles. The minimum Gasteiger partial charge on any atom is -0.339 e. The number of hydrogen-bond donors (Lipinski definition) is 1. The number of rotatable bonds is 3. The van der Waals surface area contributed by atoms with Crippen molar-refractivity contribution in [2.75, 3.05) is 23.3 Å². The van der Waals surface area contributed by atoms with Crippen molar-refractivity contribution in [2.45, 2.75) is 19.8 Å². The van der Waals surface area contributed by atoms with E-state index in [-0.39, 0.29) is 5.69 Å². The molecule has 0 amide bonds. The molecule has 22 heavy (non-hydrogen) atoms. The summed E-state index contributed by atoms with van der Waals surface area (Å²) in [4.78, 5) is 6.43. The molecule has 0 atom stereocenters. The van der Waals surface area contributed by atoms with Crippen LogP contribution in [-0.4, -0.2) is 28.3 Å². The Morgan fingerprint density at radius 2 is 2.00 bits per heavy atom. The van der Waals surface area contributed by atoms with Gasteiger partial charge in [-0.15, -0.1) is 5.10 Å². The van der Waals surface area contributed by atoms with Crippen LogP contribution >= 0.6 is 0 Å². The van der Waals surface area contributed by atoms with Crippen molar-refractivity contribution in [2.24, 2.45) is 5.92 Å². The van der Waals surface area contributed by atoms with Crippen molar-refractivity contribution in [1.82, 2.24) is 15.2 Å². The highest BCUT2D eigenvalue weighted by Gasteiger charge is 2.18. The number of benzene rings is 1. The molecule has 1 aromatic heterocycles. The van der Waals surface area contributed by atoms with E-state index in [1.54, 1.807) is 0 Å². The molecule has 1 saturated heterocycles. The van der Waals surface area contributed by atoms with Gasteiger partial charge in [-0.2, -0.15) is 10.1 Å². The maximum Gasteiger partial charge on any atom is 0.247 e. The summed E-state index contributed by atoms with van der Waals surface area (Å²) in [7, 11) is 0. The van der Waals surface area contributed by atoms with Crippen molar-refractivity contribution in [3.05, 3.63) is 36.0 Å². The third-order valence-electron chi connectivity index (χ3n) is 3.81. The molecule has 1 fully saturated rings. The molecular formula is C15H17F2N5. The zero-order valence-corrected chi connectivity index (χ0v) is 12.3. The first-order chi connectivity index (χ1) is 10.6. The van der Waals surface area contributed by atoms with Crippen molar-refractivity contribution >= 4 is 17.5 Å². The van der Waals surface area contributed by atoms with E-state index in [2.05, 4.69) is 32.3 Å². The number of anilines is 3. The molecule has 2 heterocycles. The number of aromatic nitrogens is 3. The number of halogens is 2. The van der Waals surface area contributed by atoms with Crippen LogP contribution in [0.1, 0.15) is 19.8 Å². The van der Waals surface area contributed by atoms with E-state index in [1.165, 1.54) is 18.3 Å². The van der Waals surface area contributed by atoms with Gasteiger partial charge < -0.3 is 10.2 Å². The van der Waals surface area contributed by atoms with Gasteiger partial charge >= 0.3 is 0 Å². The highest BCUT2D eigenvalue weighted by Crippen LogP contribution is 2.22. The van der Waals surface area contributed by atoms with Crippen LogP contribution in [0.3, 0.4) is 0 Å². The number of nitrogens with one attached hydrogen (secondary N) is 1. The first kappa shape index (κ1) is 14.6. The molecule has 116 valence electrons. The van der Waals surface area contributed by atoms with Gasteiger partial charge in [0.25, 0.3) is 0 Å². The Morgan fingerprint density at radius 3 is 2.73 bits per heavy atom. The largest absolute Gasteiger partial charge is 0.339 e. The predicted molar refractivity (Wildman–Crippen MR) is 80.1 cm³/mol. The van der Waals surface area contributed by atoms with Crippen LogP contribution in [0.25, 0.3) is 0 Å². The molecule has 5 nitrogen and oxygen atoms in total. The van der Waals surface area contributed by atoms with Crippen LogP contribution < -0.4 is 10.2 Å². The smallest absolute Gasteiger partial charge is 0.247 e. The summed E-state index contributed by atoms with van der Waals surface area (Å²) < 4.78 is 26.6. The molecule has 1 N–H and O–H groups in total. The molecule has 0 saturated carbocycles. The van der Waals surface area contributed by atoms with E-state index in [9.17, 15) is 8.78 Å². The van der Waals surface area contributed by atoms with Crippen molar-refractivity contribution in [3.63, 3.8) is 0 Å². The Bertz CT molecular complexity index is 656. The molecule has 0 spiro atoms. The Kier molecular flexibility index (Phi) is 4.13. The van der Waals surface area contributed by atoms with E-state index < -0.39 is 11.6 Å². The van der Waals surface area contributed by atoms with Gasteiger partial charge in [0.2, 0.25) is 5.95 Å². The molecule has 0 radical (unpaired) electrons. The van der Waals surface area contributed by atoms with Gasteiger partial charge in [0.05, 0.1) is 11.9 Å². The molecule has 1 aromatic carbocycles. The number of nitrogens with zero attached hydrogens (tertiary/aromatic N) is 4. The lowest BCUT2D eigenvalue weighted by Crippen LogP contribution is -2.34. The van der Waals surface area contributed by atoms with Gasteiger partial charge in [-0.1, -0.05) is 6.92 Å².